The van der Waals surface area contributed by atoms with Gasteiger partial charge in [-0.3, -0.25) is 14.5 Å². The number of amides is 3. The molecule has 3 amide bonds. The van der Waals surface area contributed by atoms with E-state index in [1.807, 2.05) is 0 Å². The number of imide groups is 1. The Balaban J connectivity index is 2.20. The Labute approximate surface area is 134 Å². The first-order valence-corrected chi connectivity index (χ1v) is 7.45. The first kappa shape index (κ1) is 15.9. The second-order valence-corrected chi connectivity index (χ2v) is 6.16. The van der Waals surface area contributed by atoms with Crippen molar-refractivity contribution in [1.82, 2.24) is 25.2 Å². The van der Waals surface area contributed by atoms with Crippen molar-refractivity contribution in [3.05, 3.63) is 22.3 Å². The Kier molecular flexibility index (Phi) is 4.92. The fourth-order valence-electron chi connectivity index (χ4n) is 1.47. The third-order valence-corrected chi connectivity index (χ3v) is 4.05. The zero-order valence-electron chi connectivity index (χ0n) is 11.1. The SMILES string of the molecule is CNC(=O)NC(=O)[C@@H](C)Sc1nnc2c(Cl)cc(Cl)cn12. The molecule has 0 unspecified atom stereocenters. The number of rotatable bonds is 3. The number of thioether (sulfide) groups is 1. The van der Waals surface area contributed by atoms with Gasteiger partial charge in [-0.2, -0.15) is 0 Å². The van der Waals surface area contributed by atoms with E-state index in [1.54, 1.807) is 23.6 Å². The van der Waals surface area contributed by atoms with Crippen molar-refractivity contribution >= 4 is 52.5 Å². The third-order valence-electron chi connectivity index (χ3n) is 2.51. The molecule has 0 aliphatic heterocycles. The van der Waals surface area contributed by atoms with Crippen molar-refractivity contribution in [2.24, 2.45) is 0 Å². The summed E-state index contributed by atoms with van der Waals surface area (Å²) in [5.74, 6) is -0.441. The van der Waals surface area contributed by atoms with Crippen LogP contribution in [0, 0.1) is 0 Å². The van der Waals surface area contributed by atoms with Crippen molar-refractivity contribution in [1.29, 1.82) is 0 Å². The molecule has 0 radical (unpaired) electrons. The van der Waals surface area contributed by atoms with Crippen molar-refractivity contribution in [2.45, 2.75) is 17.3 Å². The maximum atomic E-state index is 11.8. The molecule has 10 heteroatoms. The van der Waals surface area contributed by atoms with E-state index in [9.17, 15) is 9.59 Å². The monoisotopic (exact) mass is 347 g/mol. The van der Waals surface area contributed by atoms with Crippen LogP contribution in [0.4, 0.5) is 4.79 Å². The van der Waals surface area contributed by atoms with Gasteiger partial charge in [0.25, 0.3) is 0 Å². The molecule has 112 valence electrons. The molecule has 0 saturated heterocycles. The van der Waals surface area contributed by atoms with Gasteiger partial charge in [0, 0.05) is 13.2 Å². The van der Waals surface area contributed by atoms with Crippen molar-refractivity contribution in [3.63, 3.8) is 0 Å². The lowest BCUT2D eigenvalue weighted by Crippen LogP contribution is -2.41. The zero-order valence-corrected chi connectivity index (χ0v) is 13.4. The highest BCUT2D eigenvalue weighted by atomic mass is 35.5. The summed E-state index contributed by atoms with van der Waals surface area (Å²) < 4.78 is 1.60. The van der Waals surface area contributed by atoms with E-state index in [1.165, 1.54) is 7.05 Å². The van der Waals surface area contributed by atoms with E-state index < -0.39 is 17.2 Å². The largest absolute Gasteiger partial charge is 0.341 e. The molecule has 2 rings (SSSR count). The molecule has 0 aromatic carbocycles. The van der Waals surface area contributed by atoms with Gasteiger partial charge in [-0.1, -0.05) is 35.0 Å². The molecule has 21 heavy (non-hydrogen) atoms. The number of nitrogens with zero attached hydrogens (tertiary/aromatic N) is 3. The summed E-state index contributed by atoms with van der Waals surface area (Å²) >= 11 is 13.1. The van der Waals surface area contributed by atoms with Crippen molar-refractivity contribution in [3.8, 4) is 0 Å². The summed E-state index contributed by atoms with van der Waals surface area (Å²) in [4.78, 5) is 22.9. The number of urea groups is 1. The second kappa shape index (κ2) is 6.50. The summed E-state index contributed by atoms with van der Waals surface area (Å²) in [6.07, 6.45) is 1.61. The van der Waals surface area contributed by atoms with Gasteiger partial charge >= 0.3 is 6.03 Å². The predicted octanol–water partition coefficient (Wildman–Crippen LogP) is 1.97. The van der Waals surface area contributed by atoms with Crippen LogP contribution in [-0.2, 0) is 4.79 Å². The van der Waals surface area contributed by atoms with Gasteiger partial charge in [-0.05, 0) is 13.0 Å². The Morgan fingerprint density at radius 2 is 2.10 bits per heavy atom. The molecule has 0 fully saturated rings. The van der Waals surface area contributed by atoms with Gasteiger partial charge in [0.1, 0.15) is 0 Å². The van der Waals surface area contributed by atoms with Crippen LogP contribution in [0.3, 0.4) is 0 Å². The van der Waals surface area contributed by atoms with Gasteiger partial charge in [0.05, 0.1) is 15.3 Å². The molecule has 0 aliphatic carbocycles. The van der Waals surface area contributed by atoms with E-state index in [2.05, 4.69) is 20.8 Å². The number of halogens is 2. The minimum atomic E-state index is -0.565. The number of fused-ring (bicyclic) bond motifs is 1. The number of hydrogen-bond acceptors (Lipinski definition) is 5. The molecule has 0 aliphatic rings. The first-order chi connectivity index (χ1) is 9.92. The molecule has 2 aromatic heterocycles. The van der Waals surface area contributed by atoms with E-state index in [-0.39, 0.29) is 0 Å². The average molecular weight is 348 g/mol. The molecular weight excluding hydrogens is 337 g/mol. The van der Waals surface area contributed by atoms with Gasteiger partial charge < -0.3 is 5.32 Å². The number of carbonyl (C=O) groups is 2. The highest BCUT2D eigenvalue weighted by molar-refractivity contribution is 8.00. The van der Waals surface area contributed by atoms with Crippen LogP contribution in [0.15, 0.2) is 17.4 Å². The maximum absolute atomic E-state index is 11.8. The number of hydrogen-bond donors (Lipinski definition) is 2. The molecule has 0 bridgehead atoms. The van der Waals surface area contributed by atoms with Gasteiger partial charge in [0.15, 0.2) is 10.8 Å². The lowest BCUT2D eigenvalue weighted by molar-refractivity contribution is -0.119. The minimum Gasteiger partial charge on any atom is -0.341 e. The summed E-state index contributed by atoms with van der Waals surface area (Å²) in [7, 11) is 1.43. The lowest BCUT2D eigenvalue weighted by Gasteiger charge is -2.09. The Morgan fingerprint density at radius 1 is 1.38 bits per heavy atom. The van der Waals surface area contributed by atoms with E-state index in [0.717, 1.165) is 11.8 Å². The number of aromatic nitrogens is 3. The fourth-order valence-corrected chi connectivity index (χ4v) is 2.80. The molecule has 1 atom stereocenters. The van der Waals surface area contributed by atoms with E-state index in [4.69, 9.17) is 23.2 Å². The quantitative estimate of drug-likeness (QED) is 0.828. The summed E-state index contributed by atoms with van der Waals surface area (Å²) in [6.45, 7) is 1.65. The molecule has 0 spiro atoms. The molecule has 7 nitrogen and oxygen atoms in total. The molecule has 0 saturated carbocycles. The van der Waals surface area contributed by atoms with Crippen LogP contribution in [0.2, 0.25) is 10.0 Å². The molecular formula is C11H11Cl2N5O2S. The topological polar surface area (TPSA) is 88.4 Å². The average Bonchev–Trinajstić information content (AvgIpc) is 2.81. The van der Waals surface area contributed by atoms with Crippen LogP contribution in [0.5, 0.6) is 0 Å². The van der Waals surface area contributed by atoms with E-state index in [0.29, 0.717) is 20.8 Å². The number of nitrogens with one attached hydrogen (secondary N) is 2. The highest BCUT2D eigenvalue weighted by Gasteiger charge is 2.20. The Bertz CT molecular complexity index is 705. The molecule has 2 N–H and O–H groups in total. The predicted molar refractivity (Wildman–Crippen MR) is 80.9 cm³/mol. The smallest absolute Gasteiger partial charge is 0.321 e. The zero-order chi connectivity index (χ0) is 15.6. The van der Waals surface area contributed by atoms with Gasteiger partial charge in [0.2, 0.25) is 5.91 Å². The van der Waals surface area contributed by atoms with Crippen LogP contribution in [-0.4, -0.2) is 38.8 Å². The summed E-state index contributed by atoms with van der Waals surface area (Å²) in [5, 5.41) is 13.1. The van der Waals surface area contributed by atoms with Gasteiger partial charge in [-0.25, -0.2) is 4.79 Å². The number of carbonyl (C=O) groups excluding carboxylic acids is 2. The minimum absolute atomic E-state index is 0.365. The third kappa shape index (κ3) is 3.58. The normalized spacial score (nSPS) is 12.2. The summed E-state index contributed by atoms with van der Waals surface area (Å²) in [5.41, 5.74) is 0.447. The second-order valence-electron chi connectivity index (χ2n) is 4.01. The van der Waals surface area contributed by atoms with Crippen LogP contribution < -0.4 is 10.6 Å². The van der Waals surface area contributed by atoms with E-state index >= 15 is 0 Å². The maximum Gasteiger partial charge on any atom is 0.321 e. The molecule has 2 heterocycles. The van der Waals surface area contributed by atoms with Crippen LogP contribution in [0.1, 0.15) is 6.92 Å². The Morgan fingerprint density at radius 3 is 2.76 bits per heavy atom. The van der Waals surface area contributed by atoms with Gasteiger partial charge in [-0.15, -0.1) is 10.2 Å². The Hall–Kier alpha value is -1.51. The first-order valence-electron chi connectivity index (χ1n) is 5.81. The summed E-state index contributed by atoms with van der Waals surface area (Å²) in [6, 6.07) is 0.994. The van der Waals surface area contributed by atoms with Crippen molar-refractivity contribution < 1.29 is 9.59 Å². The van der Waals surface area contributed by atoms with Crippen LogP contribution in [0.25, 0.3) is 5.65 Å². The number of pyridine rings is 1. The fraction of sp³-hybridized carbons (Fsp3) is 0.273. The molecule has 2 aromatic rings. The van der Waals surface area contributed by atoms with Crippen molar-refractivity contribution in [2.75, 3.05) is 7.05 Å². The lowest BCUT2D eigenvalue weighted by atomic mass is 10.4. The standard InChI is InChI=1S/C11H11Cl2N5O2S/c1-5(9(19)15-10(20)14-2)21-11-17-16-8-7(13)3-6(12)4-18(8)11/h3-5H,1-2H3,(H2,14,15,19,20)/t5-/m1/s1. The van der Waals surface area contributed by atoms with Crippen LogP contribution >= 0.6 is 35.0 Å². The highest BCUT2D eigenvalue weighted by Crippen LogP contribution is 2.27.